The standard InChI is InChI=1S/C14H30N2O/c1-4-7-13-8-5-6-9-16(13)12(2)10-14(3,15)11-17/h12-13,17H,4-11,15H2,1-3H3. The first-order valence-corrected chi connectivity index (χ1v) is 7.15. The summed E-state index contributed by atoms with van der Waals surface area (Å²) in [5.74, 6) is 0. The number of hydrogen-bond acceptors (Lipinski definition) is 3. The van der Waals surface area contributed by atoms with Crippen molar-refractivity contribution in [3.63, 3.8) is 0 Å². The van der Waals surface area contributed by atoms with Gasteiger partial charge in [-0.25, -0.2) is 0 Å². The molecule has 0 aliphatic carbocycles. The lowest BCUT2D eigenvalue weighted by atomic mass is 9.90. The van der Waals surface area contributed by atoms with E-state index in [1.54, 1.807) is 0 Å². The van der Waals surface area contributed by atoms with E-state index in [-0.39, 0.29) is 6.61 Å². The Hall–Kier alpha value is -0.120. The van der Waals surface area contributed by atoms with Crippen LogP contribution in [0.2, 0.25) is 0 Å². The molecule has 0 spiro atoms. The van der Waals surface area contributed by atoms with Gasteiger partial charge in [0, 0.05) is 17.6 Å². The van der Waals surface area contributed by atoms with Crippen LogP contribution >= 0.6 is 0 Å². The second-order valence-electron chi connectivity index (χ2n) is 6.04. The van der Waals surface area contributed by atoms with Crippen LogP contribution in [-0.2, 0) is 0 Å². The van der Waals surface area contributed by atoms with Gasteiger partial charge in [0.25, 0.3) is 0 Å². The molecule has 1 fully saturated rings. The summed E-state index contributed by atoms with van der Waals surface area (Å²) in [5, 5.41) is 9.27. The minimum absolute atomic E-state index is 0.0730. The second kappa shape index (κ2) is 6.72. The maximum Gasteiger partial charge on any atom is 0.0609 e. The maximum absolute atomic E-state index is 9.27. The van der Waals surface area contributed by atoms with Crippen molar-refractivity contribution in [2.24, 2.45) is 5.73 Å². The molecule has 1 aliphatic rings. The first-order chi connectivity index (χ1) is 8.00. The van der Waals surface area contributed by atoms with Crippen LogP contribution in [0.1, 0.15) is 59.3 Å². The van der Waals surface area contributed by atoms with Crippen LogP contribution in [0.4, 0.5) is 0 Å². The molecule has 3 N–H and O–H groups in total. The maximum atomic E-state index is 9.27. The fourth-order valence-electron chi connectivity index (χ4n) is 3.10. The lowest BCUT2D eigenvalue weighted by Gasteiger charge is -2.42. The van der Waals surface area contributed by atoms with E-state index >= 15 is 0 Å². The van der Waals surface area contributed by atoms with E-state index in [9.17, 15) is 5.11 Å². The summed E-state index contributed by atoms with van der Waals surface area (Å²) in [5.41, 5.74) is 5.63. The molecule has 0 saturated carbocycles. The molecule has 0 radical (unpaired) electrons. The zero-order valence-electron chi connectivity index (χ0n) is 11.8. The van der Waals surface area contributed by atoms with Gasteiger partial charge in [0.15, 0.2) is 0 Å². The zero-order chi connectivity index (χ0) is 12.9. The van der Waals surface area contributed by atoms with Gasteiger partial charge < -0.3 is 10.8 Å². The Kier molecular flexibility index (Phi) is 5.90. The lowest BCUT2D eigenvalue weighted by molar-refractivity contribution is 0.0703. The third-order valence-corrected chi connectivity index (χ3v) is 3.98. The molecule has 0 amide bonds. The van der Waals surface area contributed by atoms with Crippen LogP contribution in [0.5, 0.6) is 0 Å². The Morgan fingerprint density at radius 2 is 2.18 bits per heavy atom. The van der Waals surface area contributed by atoms with Gasteiger partial charge >= 0.3 is 0 Å². The van der Waals surface area contributed by atoms with Crippen molar-refractivity contribution in [2.75, 3.05) is 13.2 Å². The minimum Gasteiger partial charge on any atom is -0.394 e. The van der Waals surface area contributed by atoms with Crippen LogP contribution in [-0.4, -0.2) is 40.8 Å². The minimum atomic E-state index is -0.437. The van der Waals surface area contributed by atoms with Gasteiger partial charge in [-0.3, -0.25) is 4.90 Å². The third kappa shape index (κ3) is 4.57. The van der Waals surface area contributed by atoms with Crippen molar-refractivity contribution in [3.8, 4) is 0 Å². The highest BCUT2D eigenvalue weighted by molar-refractivity contribution is 4.87. The van der Waals surface area contributed by atoms with E-state index in [4.69, 9.17) is 5.73 Å². The summed E-state index contributed by atoms with van der Waals surface area (Å²) in [7, 11) is 0. The molecule has 3 atom stereocenters. The molecule has 1 saturated heterocycles. The van der Waals surface area contributed by atoms with Gasteiger partial charge in [0.1, 0.15) is 0 Å². The van der Waals surface area contributed by atoms with E-state index in [1.165, 1.54) is 38.6 Å². The highest BCUT2D eigenvalue weighted by atomic mass is 16.3. The van der Waals surface area contributed by atoms with Gasteiger partial charge in [-0.05, 0) is 46.1 Å². The van der Waals surface area contributed by atoms with Crippen LogP contribution in [0.15, 0.2) is 0 Å². The number of rotatable bonds is 6. The van der Waals surface area contributed by atoms with E-state index in [2.05, 4.69) is 18.7 Å². The highest BCUT2D eigenvalue weighted by Gasteiger charge is 2.29. The van der Waals surface area contributed by atoms with E-state index in [0.29, 0.717) is 6.04 Å². The molecule has 1 aliphatic heterocycles. The quantitative estimate of drug-likeness (QED) is 0.750. The largest absolute Gasteiger partial charge is 0.394 e. The molecular formula is C14H30N2O. The number of aliphatic hydroxyl groups excluding tert-OH is 1. The lowest BCUT2D eigenvalue weighted by Crippen LogP contribution is -2.51. The molecule has 102 valence electrons. The summed E-state index contributed by atoms with van der Waals surface area (Å²) in [6.45, 7) is 7.74. The molecule has 3 nitrogen and oxygen atoms in total. The summed E-state index contributed by atoms with van der Waals surface area (Å²) in [4.78, 5) is 2.62. The van der Waals surface area contributed by atoms with Gasteiger partial charge in [-0.2, -0.15) is 0 Å². The van der Waals surface area contributed by atoms with Gasteiger partial charge in [-0.1, -0.05) is 19.8 Å². The number of aliphatic hydroxyl groups is 1. The first-order valence-electron chi connectivity index (χ1n) is 7.15. The monoisotopic (exact) mass is 242 g/mol. The second-order valence-corrected chi connectivity index (χ2v) is 6.04. The molecule has 0 aromatic heterocycles. The average molecular weight is 242 g/mol. The number of hydrogen-bond donors (Lipinski definition) is 2. The summed E-state index contributed by atoms with van der Waals surface area (Å²) in [6, 6.07) is 1.22. The molecule has 1 rings (SSSR count). The Bertz CT molecular complexity index is 216. The number of piperidine rings is 1. The molecule has 0 aromatic rings. The predicted octanol–water partition coefficient (Wildman–Crippen LogP) is 2.13. The van der Waals surface area contributed by atoms with E-state index < -0.39 is 5.54 Å². The van der Waals surface area contributed by atoms with Crippen molar-refractivity contribution in [2.45, 2.75) is 76.9 Å². The van der Waals surface area contributed by atoms with Gasteiger partial charge in [-0.15, -0.1) is 0 Å². The normalized spacial score (nSPS) is 27.7. The molecule has 3 unspecified atom stereocenters. The molecule has 0 aromatic carbocycles. The average Bonchev–Trinajstić information content (AvgIpc) is 2.29. The molecule has 0 bridgehead atoms. The van der Waals surface area contributed by atoms with Gasteiger partial charge in [0.05, 0.1) is 6.61 Å². The van der Waals surface area contributed by atoms with E-state index in [1.807, 2.05) is 6.92 Å². The zero-order valence-corrected chi connectivity index (χ0v) is 11.8. The predicted molar refractivity (Wildman–Crippen MR) is 73.0 cm³/mol. The van der Waals surface area contributed by atoms with Crippen LogP contribution in [0, 0.1) is 0 Å². The number of nitrogens with zero attached hydrogens (tertiary/aromatic N) is 1. The third-order valence-electron chi connectivity index (χ3n) is 3.98. The Morgan fingerprint density at radius 1 is 1.47 bits per heavy atom. The highest BCUT2D eigenvalue weighted by Crippen LogP contribution is 2.25. The van der Waals surface area contributed by atoms with Crippen molar-refractivity contribution < 1.29 is 5.11 Å². The van der Waals surface area contributed by atoms with Crippen molar-refractivity contribution in [1.29, 1.82) is 0 Å². The first kappa shape index (κ1) is 14.9. The summed E-state index contributed by atoms with van der Waals surface area (Å²) < 4.78 is 0. The smallest absolute Gasteiger partial charge is 0.0609 e. The Labute approximate surface area is 106 Å². The Balaban J connectivity index is 2.55. The van der Waals surface area contributed by atoms with Crippen molar-refractivity contribution in [1.82, 2.24) is 4.90 Å². The Morgan fingerprint density at radius 3 is 2.76 bits per heavy atom. The van der Waals surface area contributed by atoms with Gasteiger partial charge in [0.2, 0.25) is 0 Å². The molecular weight excluding hydrogens is 212 g/mol. The summed E-state index contributed by atoms with van der Waals surface area (Å²) >= 11 is 0. The number of nitrogens with two attached hydrogens (primary N) is 1. The summed E-state index contributed by atoms with van der Waals surface area (Å²) in [6.07, 6.45) is 7.44. The fourth-order valence-corrected chi connectivity index (χ4v) is 3.10. The molecule has 1 heterocycles. The van der Waals surface area contributed by atoms with Crippen LogP contribution in [0.3, 0.4) is 0 Å². The molecule has 3 heteroatoms. The van der Waals surface area contributed by atoms with E-state index in [0.717, 1.165) is 12.5 Å². The SMILES string of the molecule is CCCC1CCCCN1C(C)CC(C)(N)CO. The number of likely N-dealkylation sites (tertiary alicyclic amines) is 1. The topological polar surface area (TPSA) is 49.5 Å². The van der Waals surface area contributed by atoms with Crippen molar-refractivity contribution in [3.05, 3.63) is 0 Å². The molecule has 17 heavy (non-hydrogen) atoms. The van der Waals surface area contributed by atoms with Crippen molar-refractivity contribution >= 4 is 0 Å². The van der Waals surface area contributed by atoms with Crippen LogP contribution in [0.25, 0.3) is 0 Å². The fraction of sp³-hybridized carbons (Fsp3) is 1.00. The van der Waals surface area contributed by atoms with Crippen LogP contribution < -0.4 is 5.73 Å².